The van der Waals surface area contributed by atoms with Crippen LogP contribution < -0.4 is 10.6 Å². The number of hydrogen-bond donors (Lipinski definition) is 3. The van der Waals surface area contributed by atoms with Crippen LogP contribution in [0.3, 0.4) is 0 Å². The van der Waals surface area contributed by atoms with Crippen molar-refractivity contribution >= 4 is 32.7 Å². The summed E-state index contributed by atoms with van der Waals surface area (Å²) in [5.41, 5.74) is 1.73. The molecular weight excluding hydrogens is 571 g/mol. The van der Waals surface area contributed by atoms with Gasteiger partial charge in [-0.15, -0.1) is 11.3 Å². The van der Waals surface area contributed by atoms with Crippen molar-refractivity contribution in [1.29, 1.82) is 0 Å². The topological polar surface area (TPSA) is 118 Å². The molecule has 0 bridgehead atoms. The number of benzene rings is 1. The number of thiazole rings is 1. The minimum absolute atomic E-state index is 0.0537. The molecule has 0 spiro atoms. The Morgan fingerprint density at radius 1 is 1.10 bits per heavy atom. The van der Waals surface area contributed by atoms with Crippen LogP contribution in [0.2, 0.25) is 0 Å². The second-order valence-corrected chi connectivity index (χ2v) is 16.1. The quantitative estimate of drug-likeness (QED) is 0.252. The third-order valence-corrected chi connectivity index (χ3v) is 12.1. The summed E-state index contributed by atoms with van der Waals surface area (Å²) in [6.07, 6.45) is 10.5. The van der Waals surface area contributed by atoms with Crippen molar-refractivity contribution < 1.29 is 18.3 Å². The summed E-state index contributed by atoms with van der Waals surface area (Å²) in [5.74, 6) is 1.05. The molecule has 228 valence electrons. The highest BCUT2D eigenvalue weighted by atomic mass is 32.2. The van der Waals surface area contributed by atoms with E-state index >= 15 is 0 Å². The van der Waals surface area contributed by atoms with E-state index in [1.807, 2.05) is 49.8 Å². The van der Waals surface area contributed by atoms with Crippen LogP contribution in [-0.2, 0) is 14.6 Å². The molecule has 1 aliphatic heterocycles. The molecule has 6 rings (SSSR count). The lowest BCUT2D eigenvalue weighted by Crippen LogP contribution is -2.42. The molecule has 3 heterocycles. The van der Waals surface area contributed by atoms with Crippen LogP contribution in [-0.4, -0.2) is 58.3 Å². The Balaban J connectivity index is 1.20. The van der Waals surface area contributed by atoms with Gasteiger partial charge in [-0.1, -0.05) is 6.07 Å². The van der Waals surface area contributed by atoms with Crippen LogP contribution in [0.1, 0.15) is 94.5 Å². The number of nitrogens with zero attached hydrogens (tertiary/aromatic N) is 3. The fourth-order valence-electron chi connectivity index (χ4n) is 6.04. The van der Waals surface area contributed by atoms with Crippen molar-refractivity contribution in [3.8, 4) is 10.4 Å². The maximum absolute atomic E-state index is 13.6. The maximum atomic E-state index is 13.6. The summed E-state index contributed by atoms with van der Waals surface area (Å²) in [6.45, 7) is 7.00. The van der Waals surface area contributed by atoms with Crippen LogP contribution >= 0.6 is 11.3 Å². The molecule has 0 radical (unpaired) electrons. The molecule has 2 saturated carbocycles. The Labute approximate surface area is 253 Å². The molecule has 42 heavy (non-hydrogen) atoms. The molecule has 0 amide bonds. The highest BCUT2D eigenvalue weighted by molar-refractivity contribution is 7.92. The molecule has 3 fully saturated rings. The molecular formula is C31H43N5O4S2. The van der Waals surface area contributed by atoms with Crippen molar-refractivity contribution in [1.82, 2.24) is 20.1 Å². The largest absolute Gasteiger partial charge is 0.389 e. The van der Waals surface area contributed by atoms with Gasteiger partial charge in [-0.3, -0.25) is 0 Å². The molecule has 11 heteroatoms. The summed E-state index contributed by atoms with van der Waals surface area (Å²) in [7, 11) is -3.46. The average Bonchev–Trinajstić information content (AvgIpc) is 3.62. The summed E-state index contributed by atoms with van der Waals surface area (Å²) >= 11 is 1.62. The van der Waals surface area contributed by atoms with Gasteiger partial charge in [-0.2, -0.15) is 5.10 Å². The lowest BCUT2D eigenvalue weighted by molar-refractivity contribution is -0.0404. The summed E-state index contributed by atoms with van der Waals surface area (Å²) in [4.78, 5) is 6.05. The van der Waals surface area contributed by atoms with Gasteiger partial charge in [0.2, 0.25) is 0 Å². The van der Waals surface area contributed by atoms with E-state index in [9.17, 15) is 13.5 Å². The summed E-state index contributed by atoms with van der Waals surface area (Å²) in [6, 6.07) is 8.01. The molecule has 1 atom stereocenters. The first-order chi connectivity index (χ1) is 20.1. The van der Waals surface area contributed by atoms with Gasteiger partial charge in [0.05, 0.1) is 25.6 Å². The minimum atomic E-state index is -3.46. The maximum Gasteiger partial charge on any atom is 0.181 e. The number of aromatic nitrogens is 3. The Morgan fingerprint density at radius 2 is 1.88 bits per heavy atom. The lowest BCUT2D eigenvalue weighted by atomic mass is 9.86. The Morgan fingerprint density at radius 3 is 2.57 bits per heavy atom. The summed E-state index contributed by atoms with van der Waals surface area (Å²) < 4.78 is 35.1. The molecule has 3 aliphatic rings. The van der Waals surface area contributed by atoms with Crippen molar-refractivity contribution in [2.24, 2.45) is 0 Å². The van der Waals surface area contributed by atoms with Crippen molar-refractivity contribution in [2.45, 2.75) is 112 Å². The van der Waals surface area contributed by atoms with E-state index in [1.54, 1.807) is 17.4 Å². The number of aryl methyl sites for hydroxylation is 1. The highest BCUT2D eigenvalue weighted by Gasteiger charge is 2.39. The zero-order valence-electron chi connectivity index (χ0n) is 24.8. The van der Waals surface area contributed by atoms with E-state index < -0.39 is 15.4 Å². The number of sulfone groups is 1. The van der Waals surface area contributed by atoms with E-state index in [4.69, 9.17) is 14.8 Å². The van der Waals surface area contributed by atoms with E-state index in [-0.39, 0.29) is 11.5 Å². The van der Waals surface area contributed by atoms with Crippen molar-refractivity contribution in [3.05, 3.63) is 41.2 Å². The van der Waals surface area contributed by atoms with Gasteiger partial charge in [0.25, 0.3) is 0 Å². The zero-order valence-corrected chi connectivity index (χ0v) is 26.4. The van der Waals surface area contributed by atoms with Crippen LogP contribution in [0.4, 0.5) is 11.5 Å². The van der Waals surface area contributed by atoms with Gasteiger partial charge in [0, 0.05) is 54.3 Å². The highest BCUT2D eigenvalue weighted by Crippen LogP contribution is 2.43. The van der Waals surface area contributed by atoms with Gasteiger partial charge in [-0.05, 0) is 90.7 Å². The van der Waals surface area contributed by atoms with Gasteiger partial charge < -0.3 is 20.5 Å². The monoisotopic (exact) mass is 613 g/mol. The van der Waals surface area contributed by atoms with Gasteiger partial charge in [-0.25, -0.2) is 18.1 Å². The molecule has 2 aromatic heterocycles. The Bertz CT molecular complexity index is 1490. The van der Waals surface area contributed by atoms with E-state index in [0.717, 1.165) is 72.7 Å². The smallest absolute Gasteiger partial charge is 0.181 e. The van der Waals surface area contributed by atoms with E-state index in [1.165, 1.54) is 0 Å². The predicted octanol–water partition coefficient (Wildman–Crippen LogP) is 6.08. The van der Waals surface area contributed by atoms with Gasteiger partial charge in [0.15, 0.2) is 21.9 Å². The molecule has 1 saturated heterocycles. The van der Waals surface area contributed by atoms with E-state index in [2.05, 4.69) is 10.6 Å². The second-order valence-electron chi connectivity index (χ2n) is 12.8. The molecule has 9 nitrogen and oxygen atoms in total. The summed E-state index contributed by atoms with van der Waals surface area (Å²) in [5, 5.41) is 22.4. The first-order valence-corrected chi connectivity index (χ1v) is 17.7. The van der Waals surface area contributed by atoms with Gasteiger partial charge in [0.1, 0.15) is 0 Å². The molecule has 2 aliphatic carbocycles. The minimum Gasteiger partial charge on any atom is -0.389 e. The first kappa shape index (κ1) is 29.7. The van der Waals surface area contributed by atoms with Crippen molar-refractivity contribution in [3.63, 3.8) is 0 Å². The normalized spacial score (nSPS) is 23.7. The lowest BCUT2D eigenvalue weighted by Gasteiger charge is -2.30. The standard InChI is InChI=1S/C31H43N5O4S2/c1-20-16-28(35-36(20)29-6-4-5-15-40-29)34-23-11-14-25(27(17-23)42(38,39)24-12-13-24)26-18-32-30(41-26)21-7-9-22(10-8-21)33-19-31(2,3)37/h11,14,16-18,21-22,24,29,33,37H,4-10,12-13,15,19H2,1-3H3,(H,34,35)/t21-,22-,29?. The number of anilines is 2. The van der Waals surface area contributed by atoms with Crippen LogP contribution in [0.5, 0.6) is 0 Å². The SMILES string of the molecule is Cc1cc(Nc2ccc(-c3cnc([C@H]4CC[C@H](NCC(C)(C)O)CC4)s3)c(S(=O)(=O)C3CC3)c2)nn1C1CCCCO1. The fourth-order valence-corrected chi connectivity index (χ4v) is 9.12. The molecule has 1 aromatic carbocycles. The van der Waals surface area contributed by atoms with Crippen molar-refractivity contribution in [2.75, 3.05) is 18.5 Å². The Hall–Kier alpha value is -2.31. The number of rotatable bonds is 10. The third-order valence-electron chi connectivity index (χ3n) is 8.56. The van der Waals surface area contributed by atoms with Gasteiger partial charge >= 0.3 is 0 Å². The second kappa shape index (κ2) is 12.0. The van der Waals surface area contributed by atoms with Crippen LogP contribution in [0.25, 0.3) is 10.4 Å². The number of hydrogen-bond acceptors (Lipinski definition) is 9. The first-order valence-electron chi connectivity index (χ1n) is 15.3. The Kier molecular flexibility index (Phi) is 8.50. The van der Waals surface area contributed by atoms with E-state index in [0.29, 0.717) is 47.7 Å². The van der Waals surface area contributed by atoms with Crippen LogP contribution in [0.15, 0.2) is 35.4 Å². The fraction of sp³-hybridized carbons (Fsp3) is 0.613. The van der Waals surface area contributed by atoms with Crippen LogP contribution in [0, 0.1) is 6.92 Å². The number of aliphatic hydroxyl groups is 1. The third kappa shape index (κ3) is 6.75. The molecule has 3 aromatic rings. The predicted molar refractivity (Wildman–Crippen MR) is 166 cm³/mol. The molecule has 3 N–H and O–H groups in total. The number of ether oxygens (including phenoxy) is 1. The number of nitrogens with one attached hydrogen (secondary N) is 2. The zero-order chi connectivity index (χ0) is 29.5. The average molecular weight is 614 g/mol. The molecule has 1 unspecified atom stereocenters.